The monoisotopic (exact) mass is 198 g/mol. The van der Waals surface area contributed by atoms with Crippen molar-refractivity contribution >= 4 is 5.97 Å². The molecule has 0 aromatic rings. The molecule has 0 radical (unpaired) electrons. The van der Waals surface area contributed by atoms with Crippen molar-refractivity contribution in [3.05, 3.63) is 12.7 Å². The van der Waals surface area contributed by atoms with Gasteiger partial charge in [-0.3, -0.25) is 0 Å². The van der Waals surface area contributed by atoms with Crippen LogP contribution in [0.15, 0.2) is 12.7 Å². The second kappa shape index (κ2) is 5.81. The van der Waals surface area contributed by atoms with Gasteiger partial charge in [-0.05, 0) is 18.8 Å². The third-order valence-electron chi connectivity index (χ3n) is 2.72. The van der Waals surface area contributed by atoms with Crippen molar-refractivity contribution in [3.8, 4) is 0 Å². The van der Waals surface area contributed by atoms with Gasteiger partial charge >= 0.3 is 5.97 Å². The highest BCUT2D eigenvalue weighted by molar-refractivity contribution is 5.72. The zero-order chi connectivity index (χ0) is 10.4. The summed E-state index contributed by atoms with van der Waals surface area (Å²) in [6.07, 6.45) is 6.41. The third-order valence-corrected chi connectivity index (χ3v) is 2.72. The molecule has 0 amide bonds. The van der Waals surface area contributed by atoms with Crippen molar-refractivity contribution in [1.82, 2.24) is 0 Å². The predicted octanol–water partition coefficient (Wildman–Crippen LogP) is 2.22. The van der Waals surface area contributed by atoms with Gasteiger partial charge in [0.2, 0.25) is 0 Å². The smallest absolute Gasteiger partial charge is 0.333 e. The Balaban J connectivity index is 2.46. The summed E-state index contributed by atoms with van der Waals surface area (Å²) in [6.45, 7) is 3.85. The SMILES string of the molecule is C=CCOC(C(=O)O)C1CCCCC1. The lowest BCUT2D eigenvalue weighted by molar-refractivity contribution is -0.154. The van der Waals surface area contributed by atoms with Gasteiger partial charge in [-0.1, -0.05) is 25.3 Å². The molecule has 80 valence electrons. The summed E-state index contributed by atoms with van der Waals surface area (Å²) in [6, 6.07) is 0. The van der Waals surface area contributed by atoms with E-state index in [0.717, 1.165) is 25.7 Å². The fourth-order valence-electron chi connectivity index (χ4n) is 2.02. The third kappa shape index (κ3) is 3.14. The van der Waals surface area contributed by atoms with Crippen LogP contribution in [0.4, 0.5) is 0 Å². The van der Waals surface area contributed by atoms with Crippen molar-refractivity contribution in [2.24, 2.45) is 5.92 Å². The maximum Gasteiger partial charge on any atom is 0.333 e. The zero-order valence-corrected chi connectivity index (χ0v) is 8.45. The Labute approximate surface area is 84.8 Å². The van der Waals surface area contributed by atoms with E-state index in [2.05, 4.69) is 6.58 Å². The molecular weight excluding hydrogens is 180 g/mol. The number of rotatable bonds is 5. The van der Waals surface area contributed by atoms with Gasteiger partial charge in [0.15, 0.2) is 6.10 Å². The van der Waals surface area contributed by atoms with Crippen molar-refractivity contribution in [2.75, 3.05) is 6.61 Å². The second-order valence-corrected chi connectivity index (χ2v) is 3.78. The van der Waals surface area contributed by atoms with Gasteiger partial charge in [0, 0.05) is 0 Å². The first-order chi connectivity index (χ1) is 6.75. The first-order valence-corrected chi connectivity index (χ1v) is 5.21. The lowest BCUT2D eigenvalue weighted by Crippen LogP contribution is -2.33. The zero-order valence-electron chi connectivity index (χ0n) is 8.45. The fourth-order valence-corrected chi connectivity index (χ4v) is 2.02. The number of hydrogen-bond acceptors (Lipinski definition) is 2. The second-order valence-electron chi connectivity index (χ2n) is 3.78. The summed E-state index contributed by atoms with van der Waals surface area (Å²) in [5.74, 6) is -0.639. The molecule has 1 rings (SSSR count). The van der Waals surface area contributed by atoms with Gasteiger partial charge in [0.05, 0.1) is 6.61 Å². The normalized spacial score (nSPS) is 20.3. The van der Waals surface area contributed by atoms with Gasteiger partial charge in [-0.2, -0.15) is 0 Å². The average molecular weight is 198 g/mol. The topological polar surface area (TPSA) is 46.5 Å². The minimum Gasteiger partial charge on any atom is -0.479 e. The Morgan fingerprint density at radius 3 is 2.64 bits per heavy atom. The summed E-state index contributed by atoms with van der Waals surface area (Å²) in [5.41, 5.74) is 0. The first kappa shape index (κ1) is 11.2. The first-order valence-electron chi connectivity index (χ1n) is 5.21. The van der Waals surface area contributed by atoms with Crippen molar-refractivity contribution in [3.63, 3.8) is 0 Å². The van der Waals surface area contributed by atoms with Crippen molar-refractivity contribution in [2.45, 2.75) is 38.2 Å². The Morgan fingerprint density at radius 2 is 2.14 bits per heavy atom. The maximum atomic E-state index is 10.9. The van der Waals surface area contributed by atoms with E-state index in [1.165, 1.54) is 6.42 Å². The summed E-state index contributed by atoms with van der Waals surface area (Å²) < 4.78 is 5.27. The Kier molecular flexibility index (Phi) is 4.66. The van der Waals surface area contributed by atoms with Gasteiger partial charge in [-0.25, -0.2) is 4.79 Å². The fraction of sp³-hybridized carbons (Fsp3) is 0.727. The van der Waals surface area contributed by atoms with Crippen LogP contribution in [0.1, 0.15) is 32.1 Å². The van der Waals surface area contributed by atoms with E-state index < -0.39 is 12.1 Å². The molecule has 1 atom stereocenters. The van der Waals surface area contributed by atoms with Crippen LogP contribution in [0, 0.1) is 5.92 Å². The molecule has 0 aromatic heterocycles. The quantitative estimate of drug-likeness (QED) is 0.689. The van der Waals surface area contributed by atoms with Crippen molar-refractivity contribution < 1.29 is 14.6 Å². The number of carboxylic acids is 1. The Bertz CT molecular complexity index is 195. The van der Waals surface area contributed by atoms with E-state index in [1.54, 1.807) is 6.08 Å². The van der Waals surface area contributed by atoms with Gasteiger partial charge in [0.1, 0.15) is 0 Å². The molecule has 1 N–H and O–H groups in total. The minimum absolute atomic E-state index is 0.196. The van der Waals surface area contributed by atoms with Crippen LogP contribution in [-0.4, -0.2) is 23.8 Å². The van der Waals surface area contributed by atoms with E-state index in [1.807, 2.05) is 0 Å². The van der Waals surface area contributed by atoms with Crippen LogP contribution in [0.2, 0.25) is 0 Å². The van der Waals surface area contributed by atoms with Gasteiger partial charge in [-0.15, -0.1) is 6.58 Å². The molecule has 1 aliphatic rings. The summed E-state index contributed by atoms with van der Waals surface area (Å²) in [4.78, 5) is 10.9. The number of aliphatic carboxylic acids is 1. The van der Waals surface area contributed by atoms with Crippen LogP contribution >= 0.6 is 0 Å². The molecule has 0 aliphatic heterocycles. The molecule has 0 bridgehead atoms. The number of hydrogen-bond donors (Lipinski definition) is 1. The van der Waals surface area contributed by atoms with Crippen LogP contribution in [0.25, 0.3) is 0 Å². The molecule has 0 saturated heterocycles. The molecule has 0 aromatic carbocycles. The number of ether oxygens (including phenoxy) is 1. The highest BCUT2D eigenvalue weighted by Gasteiger charge is 2.29. The van der Waals surface area contributed by atoms with E-state index in [4.69, 9.17) is 9.84 Å². The highest BCUT2D eigenvalue weighted by Crippen LogP contribution is 2.28. The van der Waals surface area contributed by atoms with Gasteiger partial charge < -0.3 is 9.84 Å². The predicted molar refractivity (Wildman–Crippen MR) is 54.1 cm³/mol. The minimum atomic E-state index is -0.834. The van der Waals surface area contributed by atoms with Crippen molar-refractivity contribution in [1.29, 1.82) is 0 Å². The van der Waals surface area contributed by atoms with E-state index in [0.29, 0.717) is 6.61 Å². The summed E-state index contributed by atoms with van der Waals surface area (Å²) in [5, 5.41) is 8.99. The van der Waals surface area contributed by atoms with E-state index in [9.17, 15) is 4.79 Å². The molecular formula is C11H18O3. The molecule has 1 aliphatic carbocycles. The Morgan fingerprint density at radius 1 is 1.50 bits per heavy atom. The molecule has 3 nitrogen and oxygen atoms in total. The van der Waals surface area contributed by atoms with Crippen LogP contribution in [-0.2, 0) is 9.53 Å². The van der Waals surface area contributed by atoms with Crippen LogP contribution in [0.3, 0.4) is 0 Å². The lowest BCUT2D eigenvalue weighted by atomic mass is 9.85. The van der Waals surface area contributed by atoms with E-state index in [-0.39, 0.29) is 5.92 Å². The number of carbonyl (C=O) groups is 1. The number of carboxylic acid groups (broad SMARTS) is 1. The molecule has 1 unspecified atom stereocenters. The molecule has 3 heteroatoms. The lowest BCUT2D eigenvalue weighted by Gasteiger charge is -2.26. The highest BCUT2D eigenvalue weighted by atomic mass is 16.5. The Hall–Kier alpha value is -0.830. The summed E-state index contributed by atoms with van der Waals surface area (Å²) >= 11 is 0. The maximum absolute atomic E-state index is 10.9. The molecule has 0 spiro atoms. The average Bonchev–Trinajstić information content (AvgIpc) is 2.19. The molecule has 0 heterocycles. The van der Waals surface area contributed by atoms with E-state index >= 15 is 0 Å². The standard InChI is InChI=1S/C11H18O3/c1-2-8-14-10(11(12)13)9-6-4-3-5-7-9/h2,9-10H,1,3-8H2,(H,12,13). The van der Waals surface area contributed by atoms with Gasteiger partial charge in [0.25, 0.3) is 0 Å². The molecule has 1 fully saturated rings. The molecule has 14 heavy (non-hydrogen) atoms. The summed E-state index contributed by atoms with van der Waals surface area (Å²) in [7, 11) is 0. The largest absolute Gasteiger partial charge is 0.479 e. The molecule has 1 saturated carbocycles. The van der Waals surface area contributed by atoms with Crippen LogP contribution in [0.5, 0.6) is 0 Å². The van der Waals surface area contributed by atoms with Crippen LogP contribution < -0.4 is 0 Å².